The summed E-state index contributed by atoms with van der Waals surface area (Å²) in [6.45, 7) is 4.66. The summed E-state index contributed by atoms with van der Waals surface area (Å²) < 4.78 is 4.81. The number of carbonyl (C=O) groups is 1. The van der Waals surface area contributed by atoms with E-state index in [1.807, 2.05) is 13.8 Å². The first-order valence-electron chi connectivity index (χ1n) is 2.61. The number of hydrogen-bond donors (Lipinski definition) is 0. The fourth-order valence-corrected chi connectivity index (χ4v) is 0.793. The second-order valence-electron chi connectivity index (χ2n) is 2.08. The van der Waals surface area contributed by atoms with E-state index in [9.17, 15) is 4.79 Å². The Hall–Kier alpha value is -1.53. The van der Waals surface area contributed by atoms with Crippen molar-refractivity contribution in [2.24, 2.45) is 5.92 Å². The van der Waals surface area contributed by atoms with Gasteiger partial charge in [0.15, 0.2) is 0 Å². The molecule has 0 aromatic rings. The summed E-state index contributed by atoms with van der Waals surface area (Å²) >= 11 is 0. The first-order valence-corrected chi connectivity index (χ1v) is 5.81. The Labute approximate surface area is 43.5 Å². The molecule has 0 radical (unpaired) electrons. The van der Waals surface area contributed by atoms with Crippen LogP contribution in [-0.2, 0) is 4.74 Å². The van der Waals surface area contributed by atoms with Crippen LogP contribution in [0.1, 0.15) is 13.8 Å². The Balaban J connectivity index is 3.05. The summed E-state index contributed by atoms with van der Waals surface area (Å²) in [5, 5.41) is 0. The van der Waals surface area contributed by atoms with Gasteiger partial charge in [0.25, 0.3) is 0 Å². The monoisotopic (exact) mass is 368 g/mol. The van der Waals surface area contributed by atoms with E-state index in [1.54, 1.807) is 0 Å². The van der Waals surface area contributed by atoms with Gasteiger partial charge < -0.3 is 0 Å². The second-order valence-corrected chi connectivity index (χ2v) is 4.69. The summed E-state index contributed by atoms with van der Waals surface area (Å²) in [5.41, 5.74) is 0. The van der Waals surface area contributed by atoms with Gasteiger partial charge in [-0.15, -0.1) is 0 Å². The molecule has 0 spiro atoms. The molecule has 0 fully saturated rings. The van der Waals surface area contributed by atoms with Gasteiger partial charge in [0.05, 0.1) is 0 Å². The van der Waals surface area contributed by atoms with Crippen molar-refractivity contribution in [3.8, 4) is 0 Å². The molecule has 0 heterocycles. The molecule has 0 saturated heterocycles. The van der Waals surface area contributed by atoms with E-state index in [-0.39, 0.29) is 6.47 Å². The van der Waals surface area contributed by atoms with E-state index in [2.05, 4.69) is 0 Å². The van der Waals surface area contributed by atoms with Gasteiger partial charge in [0, 0.05) is 0 Å². The predicted octanol–water partition coefficient (Wildman–Crippen LogP) is 1.33. The molecule has 0 aromatic carbocycles. The Kier molecular flexibility index (Phi) is 2.11. The van der Waals surface area contributed by atoms with E-state index < -0.39 is 0 Å². The molecule has 0 unspecified atom stereocenters. The molecule has 2 nitrogen and oxygen atoms in total. The quantitative estimate of drug-likeness (QED) is 0.735. The minimum absolute atomic E-state index is 0.0135. The Morgan fingerprint density at radius 1 is 1.75 bits per heavy atom. The first kappa shape index (κ1) is 6.47. The zero-order valence-corrected chi connectivity index (χ0v) is 11.7. The molecule has 0 rings (SSSR count). The van der Waals surface area contributed by atoms with Crippen molar-refractivity contribution in [3.63, 3.8) is 0 Å². The second kappa shape index (κ2) is 2.61. The van der Waals surface area contributed by atoms with Crippen molar-refractivity contribution in [2.45, 2.75) is 13.8 Å². The van der Waals surface area contributed by atoms with Gasteiger partial charge in [-0.1, -0.05) is 0 Å². The SMILES string of the molecule is CC(C)CO[C](=O)[Rf]. The van der Waals surface area contributed by atoms with E-state index >= 15 is 0 Å². The Morgan fingerprint density at radius 2 is 2.25 bits per heavy atom. The minimum atomic E-state index is 0.0135. The van der Waals surface area contributed by atoms with Gasteiger partial charge in [-0.05, 0) is 0 Å². The number of ether oxygens (including phenoxy) is 1. The molecule has 0 amide bonds. The number of rotatable bonds is 2. The molecule has 8 heavy (non-hydrogen) atoms. The molecule has 0 aliphatic carbocycles. The van der Waals surface area contributed by atoms with Gasteiger partial charge >= 0.3 is 42.4 Å². The van der Waals surface area contributed by atoms with Crippen LogP contribution in [-0.4, -0.2) is 13.1 Å². The van der Waals surface area contributed by atoms with Crippen LogP contribution >= 0.6 is 0 Å². The zero-order chi connectivity index (χ0) is 6.57. The fourth-order valence-electron chi connectivity index (χ4n) is 0.260. The van der Waals surface area contributed by atoms with Crippen LogP contribution in [0.3, 0.4) is 0 Å². The van der Waals surface area contributed by atoms with Gasteiger partial charge in [-0.3, -0.25) is 0 Å². The third-order valence-electron chi connectivity index (χ3n) is 0.578. The molecule has 3 heteroatoms. The number of carbonyl (C=O) groups excluding carboxylic acids is 1. The zero-order valence-electron chi connectivity index (χ0n) is 5.31. The van der Waals surface area contributed by atoms with Gasteiger partial charge in [0.2, 0.25) is 0 Å². The molecule has 0 aromatic heterocycles. The third-order valence-corrected chi connectivity index (χ3v) is 1.50. The van der Waals surface area contributed by atoms with E-state index in [0.29, 0.717) is 12.5 Å². The van der Waals surface area contributed by atoms with Crippen LogP contribution in [0, 0.1) is 5.92 Å². The summed E-state index contributed by atoms with van der Waals surface area (Å²) in [5.74, 6) is 0.477. The summed E-state index contributed by atoms with van der Waals surface area (Å²) in [4.78, 5) is 10.2. The third kappa shape index (κ3) is 4.47. The van der Waals surface area contributed by atoms with Gasteiger partial charge in [0.1, 0.15) is 0 Å². The summed E-state index contributed by atoms with van der Waals surface area (Å²) in [6.07, 6.45) is 0. The molecular weight excluding hydrogens is 359 g/mol. The van der Waals surface area contributed by atoms with Gasteiger partial charge in [-0.2, -0.15) is 0 Å². The van der Waals surface area contributed by atoms with Crippen molar-refractivity contribution in [1.29, 1.82) is 0 Å². The summed E-state index contributed by atoms with van der Waals surface area (Å²) in [6, 6.07) is 0. The van der Waals surface area contributed by atoms with E-state index in [0.717, 1.165) is 0 Å². The molecular formula is C5H9O2Rf. The average Bonchev–Trinajstić information content (AvgIpc) is 1.61. The van der Waals surface area contributed by atoms with Crippen molar-refractivity contribution >= 4 is 6.47 Å². The molecule has 0 N–H and O–H groups in total. The molecule has 0 saturated carbocycles. The van der Waals surface area contributed by atoms with E-state index in [4.69, 9.17) is 4.74 Å². The molecule has 0 aliphatic heterocycles. The normalized spacial score (nSPS) is 9.62. The van der Waals surface area contributed by atoms with Crippen molar-refractivity contribution in [1.82, 2.24) is 0 Å². The topological polar surface area (TPSA) is 26.3 Å². The maximum absolute atomic E-state index is 10.2. The standard InChI is InChI=1S/C5H9O2.Rf/c1-5(2)3-7-4-6;/h5H,3H2,1-2H3;. The molecule has 43 valence electrons. The van der Waals surface area contributed by atoms with Crippen molar-refractivity contribution < 1.29 is 9.53 Å². The Bertz CT molecular complexity index is 80.5. The number of hydrogen-bond acceptors (Lipinski definition) is 2. The fraction of sp³-hybridized carbons (Fsp3) is 0.800. The molecule has 0 aliphatic rings. The first-order chi connectivity index (χ1) is 3.63. The summed E-state index contributed by atoms with van der Waals surface area (Å²) in [7, 11) is 0. The van der Waals surface area contributed by atoms with Gasteiger partial charge in [-0.25, -0.2) is 0 Å². The molecule has 0 bridgehead atoms. The van der Waals surface area contributed by atoms with Crippen LogP contribution in [0.4, 0.5) is 4.79 Å². The van der Waals surface area contributed by atoms with E-state index in [1.165, 1.54) is 0 Å². The van der Waals surface area contributed by atoms with Crippen molar-refractivity contribution in [3.05, 3.63) is 0 Å². The predicted molar refractivity (Wildman–Crippen MR) is 26.2 cm³/mol. The van der Waals surface area contributed by atoms with Crippen molar-refractivity contribution in [2.75, 3.05) is 6.61 Å². The van der Waals surface area contributed by atoms with Crippen LogP contribution in [0.2, 0.25) is 0 Å². The average molecular weight is 368 g/mol. The van der Waals surface area contributed by atoms with Crippen LogP contribution in [0.5, 0.6) is 0 Å². The van der Waals surface area contributed by atoms with Crippen LogP contribution < -0.4 is 0 Å². The maximum atomic E-state index is 10.2. The van der Waals surface area contributed by atoms with Crippen LogP contribution in [0.15, 0.2) is 0 Å². The van der Waals surface area contributed by atoms with Crippen LogP contribution in [0.25, 0.3) is 0 Å². The Morgan fingerprint density at radius 3 is 2.38 bits per heavy atom. The molecule has 0 atom stereocenters.